The molecule has 2 fully saturated rings. The number of fused-ring (bicyclic) bond motifs is 2. The third kappa shape index (κ3) is 3.06. The van der Waals surface area contributed by atoms with E-state index >= 15 is 0 Å². The molecule has 0 aliphatic carbocycles. The summed E-state index contributed by atoms with van der Waals surface area (Å²) in [6.07, 6.45) is 3.76. The van der Waals surface area contributed by atoms with Crippen LogP contribution in [0.15, 0.2) is 29.2 Å². The second kappa shape index (κ2) is 6.94. The summed E-state index contributed by atoms with van der Waals surface area (Å²) in [6, 6.07) is 5.38. The van der Waals surface area contributed by atoms with Crippen LogP contribution in [0.3, 0.4) is 0 Å². The lowest BCUT2D eigenvalue weighted by Gasteiger charge is -2.20. The standard InChI is InChI=1S/C16H21N5O2.ClH/c22-15(19-7-4-12-9-17-10-13(12)5-8-19)11-21-16(23)20-6-2-1-3-14(20)18-21;/h1-3,6,12-13,17H,4-5,7-11H2;1H/t12-,13+;. The quantitative estimate of drug-likeness (QED) is 0.849. The van der Waals surface area contributed by atoms with Gasteiger partial charge in [0, 0.05) is 19.3 Å². The monoisotopic (exact) mass is 351 g/mol. The summed E-state index contributed by atoms with van der Waals surface area (Å²) in [5, 5.41) is 7.67. The fraction of sp³-hybridized carbons (Fsp3) is 0.562. The Bertz CT molecular complexity index is 772. The summed E-state index contributed by atoms with van der Waals surface area (Å²) in [5.74, 6) is 1.36. The smallest absolute Gasteiger partial charge is 0.341 e. The van der Waals surface area contributed by atoms with Gasteiger partial charge in [-0.15, -0.1) is 17.5 Å². The van der Waals surface area contributed by atoms with Gasteiger partial charge in [-0.2, -0.15) is 0 Å². The summed E-state index contributed by atoms with van der Waals surface area (Å²) < 4.78 is 2.73. The van der Waals surface area contributed by atoms with Gasteiger partial charge in [-0.1, -0.05) is 6.07 Å². The first-order valence-electron chi connectivity index (χ1n) is 8.25. The molecule has 2 aliphatic rings. The fourth-order valence-electron chi connectivity index (χ4n) is 3.77. The van der Waals surface area contributed by atoms with E-state index < -0.39 is 0 Å². The van der Waals surface area contributed by atoms with Gasteiger partial charge in [-0.25, -0.2) is 9.48 Å². The van der Waals surface area contributed by atoms with Gasteiger partial charge in [-0.3, -0.25) is 9.20 Å². The number of hydrogen-bond donors (Lipinski definition) is 1. The van der Waals surface area contributed by atoms with Gasteiger partial charge >= 0.3 is 5.69 Å². The predicted molar refractivity (Wildman–Crippen MR) is 92.4 cm³/mol. The first-order valence-corrected chi connectivity index (χ1v) is 8.25. The second-order valence-corrected chi connectivity index (χ2v) is 6.51. The number of carbonyl (C=O) groups is 1. The molecule has 2 atom stereocenters. The highest BCUT2D eigenvalue weighted by molar-refractivity contribution is 5.85. The Balaban J connectivity index is 0.00000169. The van der Waals surface area contributed by atoms with Crippen LogP contribution in [-0.4, -0.2) is 51.2 Å². The molecule has 1 amide bonds. The fourth-order valence-corrected chi connectivity index (χ4v) is 3.77. The molecule has 2 aromatic rings. The molecule has 8 heteroatoms. The number of hydrogen-bond acceptors (Lipinski definition) is 4. The van der Waals surface area contributed by atoms with E-state index in [0.717, 1.165) is 39.0 Å². The number of likely N-dealkylation sites (tertiary alicyclic amines) is 1. The molecule has 24 heavy (non-hydrogen) atoms. The van der Waals surface area contributed by atoms with E-state index in [1.165, 1.54) is 9.08 Å². The van der Waals surface area contributed by atoms with E-state index in [1.54, 1.807) is 18.3 Å². The number of halogens is 1. The van der Waals surface area contributed by atoms with Crippen molar-refractivity contribution in [1.82, 2.24) is 24.4 Å². The highest BCUT2D eigenvalue weighted by Crippen LogP contribution is 2.27. The molecule has 0 spiro atoms. The zero-order valence-corrected chi connectivity index (χ0v) is 14.2. The molecule has 7 nitrogen and oxygen atoms in total. The van der Waals surface area contributed by atoms with Crippen LogP contribution < -0.4 is 11.0 Å². The van der Waals surface area contributed by atoms with Gasteiger partial charge in [0.15, 0.2) is 5.65 Å². The first-order chi connectivity index (χ1) is 11.2. The molecule has 0 unspecified atom stereocenters. The molecule has 4 rings (SSSR count). The molecule has 0 bridgehead atoms. The Morgan fingerprint density at radius 1 is 1.21 bits per heavy atom. The molecule has 0 aromatic carbocycles. The minimum atomic E-state index is -0.259. The average Bonchev–Trinajstić information content (AvgIpc) is 3.07. The van der Waals surface area contributed by atoms with Crippen molar-refractivity contribution in [3.63, 3.8) is 0 Å². The van der Waals surface area contributed by atoms with E-state index in [-0.39, 0.29) is 30.5 Å². The van der Waals surface area contributed by atoms with Gasteiger partial charge in [0.25, 0.3) is 0 Å². The van der Waals surface area contributed by atoms with Crippen LogP contribution in [-0.2, 0) is 11.3 Å². The van der Waals surface area contributed by atoms with Crippen molar-refractivity contribution in [3.8, 4) is 0 Å². The summed E-state index contributed by atoms with van der Waals surface area (Å²) in [7, 11) is 0. The maximum atomic E-state index is 12.6. The van der Waals surface area contributed by atoms with Crippen LogP contribution in [0.2, 0.25) is 0 Å². The van der Waals surface area contributed by atoms with E-state index in [2.05, 4.69) is 10.4 Å². The number of amides is 1. The van der Waals surface area contributed by atoms with Crippen LogP contribution in [0.25, 0.3) is 5.65 Å². The summed E-state index contributed by atoms with van der Waals surface area (Å²) in [6.45, 7) is 3.72. The zero-order chi connectivity index (χ0) is 15.8. The largest absolute Gasteiger partial charge is 0.350 e. The normalized spacial score (nSPS) is 23.6. The number of aromatic nitrogens is 3. The molecule has 2 aliphatic heterocycles. The third-order valence-electron chi connectivity index (χ3n) is 5.15. The van der Waals surface area contributed by atoms with Crippen molar-refractivity contribution in [2.45, 2.75) is 19.4 Å². The summed E-state index contributed by atoms with van der Waals surface area (Å²) in [5.41, 5.74) is 0.312. The Kier molecular flexibility index (Phi) is 4.91. The molecule has 130 valence electrons. The molecular weight excluding hydrogens is 330 g/mol. The van der Waals surface area contributed by atoms with Gasteiger partial charge in [0.05, 0.1) is 0 Å². The molecular formula is C16H22ClN5O2. The van der Waals surface area contributed by atoms with E-state index in [1.807, 2.05) is 11.0 Å². The Hall–Kier alpha value is -1.86. The van der Waals surface area contributed by atoms with Crippen LogP contribution >= 0.6 is 12.4 Å². The maximum Gasteiger partial charge on any atom is 0.350 e. The SMILES string of the molecule is Cl.O=C(Cn1nc2ccccn2c1=O)N1CC[C@@H]2CNC[C@@H]2CC1. The molecule has 2 aromatic heterocycles. The third-order valence-corrected chi connectivity index (χ3v) is 5.15. The van der Waals surface area contributed by atoms with Crippen molar-refractivity contribution >= 4 is 24.0 Å². The van der Waals surface area contributed by atoms with Crippen molar-refractivity contribution in [3.05, 3.63) is 34.9 Å². The lowest BCUT2D eigenvalue weighted by Crippen LogP contribution is -2.37. The Morgan fingerprint density at radius 2 is 1.92 bits per heavy atom. The van der Waals surface area contributed by atoms with Gasteiger partial charge in [0.1, 0.15) is 6.54 Å². The highest BCUT2D eigenvalue weighted by atomic mass is 35.5. The lowest BCUT2D eigenvalue weighted by molar-refractivity contribution is -0.132. The van der Waals surface area contributed by atoms with E-state index in [4.69, 9.17) is 0 Å². The Labute approximate surface area is 146 Å². The van der Waals surface area contributed by atoms with E-state index in [9.17, 15) is 9.59 Å². The van der Waals surface area contributed by atoms with Crippen LogP contribution in [0.4, 0.5) is 0 Å². The van der Waals surface area contributed by atoms with Crippen molar-refractivity contribution < 1.29 is 4.79 Å². The molecule has 0 saturated carbocycles. The first kappa shape index (κ1) is 17.0. The predicted octanol–water partition coefficient (Wildman–Crippen LogP) is 0.376. The number of nitrogens with zero attached hydrogens (tertiary/aromatic N) is 4. The number of nitrogens with one attached hydrogen (secondary N) is 1. The second-order valence-electron chi connectivity index (χ2n) is 6.51. The van der Waals surface area contributed by atoms with Gasteiger partial charge < -0.3 is 10.2 Å². The van der Waals surface area contributed by atoms with Crippen molar-refractivity contribution in [2.24, 2.45) is 11.8 Å². The maximum absolute atomic E-state index is 12.6. The molecule has 0 radical (unpaired) electrons. The van der Waals surface area contributed by atoms with Crippen molar-refractivity contribution in [1.29, 1.82) is 0 Å². The highest BCUT2D eigenvalue weighted by Gasteiger charge is 2.31. The Morgan fingerprint density at radius 3 is 2.58 bits per heavy atom. The van der Waals surface area contributed by atoms with Crippen LogP contribution in [0.5, 0.6) is 0 Å². The van der Waals surface area contributed by atoms with Crippen molar-refractivity contribution in [2.75, 3.05) is 26.2 Å². The minimum absolute atomic E-state index is 0. The summed E-state index contributed by atoms with van der Waals surface area (Å²) >= 11 is 0. The zero-order valence-electron chi connectivity index (χ0n) is 13.4. The van der Waals surface area contributed by atoms with E-state index in [0.29, 0.717) is 17.5 Å². The number of rotatable bonds is 2. The van der Waals surface area contributed by atoms with Crippen LogP contribution in [0, 0.1) is 11.8 Å². The number of pyridine rings is 1. The minimum Gasteiger partial charge on any atom is -0.341 e. The topological polar surface area (TPSA) is 71.6 Å². The van der Waals surface area contributed by atoms with Gasteiger partial charge in [0.2, 0.25) is 5.91 Å². The molecule has 2 saturated heterocycles. The average molecular weight is 352 g/mol. The number of carbonyl (C=O) groups excluding carboxylic acids is 1. The molecule has 1 N–H and O–H groups in total. The van der Waals surface area contributed by atoms with Crippen LogP contribution in [0.1, 0.15) is 12.8 Å². The van der Waals surface area contributed by atoms with Gasteiger partial charge in [-0.05, 0) is 49.9 Å². The summed E-state index contributed by atoms with van der Waals surface area (Å²) in [4.78, 5) is 26.7. The molecule has 4 heterocycles. The lowest BCUT2D eigenvalue weighted by atomic mass is 9.92.